The molecule has 2 saturated carbocycles. The zero-order valence-corrected chi connectivity index (χ0v) is 15.1. The van der Waals surface area contributed by atoms with Crippen molar-refractivity contribution in [3.8, 4) is 0 Å². The summed E-state index contributed by atoms with van der Waals surface area (Å²) in [7, 11) is 0. The van der Waals surface area contributed by atoms with Gasteiger partial charge < -0.3 is 5.32 Å². The summed E-state index contributed by atoms with van der Waals surface area (Å²) in [5, 5.41) is 3.87. The Morgan fingerprint density at radius 3 is 2.29 bits per heavy atom. The molecule has 0 saturated heterocycles. The molecular formula is C19H38N2. The van der Waals surface area contributed by atoms with Crippen LogP contribution in [0.5, 0.6) is 0 Å². The molecule has 0 aliphatic heterocycles. The molecule has 0 radical (unpaired) electrons. The van der Waals surface area contributed by atoms with Gasteiger partial charge in [0.2, 0.25) is 0 Å². The maximum atomic E-state index is 3.87. The third kappa shape index (κ3) is 4.22. The highest BCUT2D eigenvalue weighted by atomic mass is 15.2. The molecule has 2 aliphatic carbocycles. The van der Waals surface area contributed by atoms with Crippen LogP contribution in [0.2, 0.25) is 0 Å². The molecule has 3 unspecified atom stereocenters. The first-order valence-electron chi connectivity index (χ1n) is 9.52. The summed E-state index contributed by atoms with van der Waals surface area (Å²) in [5.41, 5.74) is 0.511. The second-order valence-corrected chi connectivity index (χ2v) is 8.04. The van der Waals surface area contributed by atoms with Crippen molar-refractivity contribution >= 4 is 0 Å². The first-order valence-corrected chi connectivity index (χ1v) is 9.52. The smallest absolute Gasteiger partial charge is 0.0254 e. The van der Waals surface area contributed by atoms with Crippen molar-refractivity contribution in [2.45, 2.75) is 97.7 Å². The molecule has 0 amide bonds. The summed E-state index contributed by atoms with van der Waals surface area (Å²) in [6, 6.07) is 2.41. The maximum absolute atomic E-state index is 3.87. The first kappa shape index (κ1) is 17.3. The van der Waals surface area contributed by atoms with Crippen molar-refractivity contribution in [1.29, 1.82) is 0 Å². The van der Waals surface area contributed by atoms with Gasteiger partial charge in [0.25, 0.3) is 0 Å². The van der Waals surface area contributed by atoms with E-state index in [9.17, 15) is 0 Å². The number of rotatable bonds is 8. The summed E-state index contributed by atoms with van der Waals surface area (Å²) >= 11 is 0. The molecule has 0 heterocycles. The minimum atomic E-state index is 0.511. The summed E-state index contributed by atoms with van der Waals surface area (Å²) in [4.78, 5) is 2.84. The van der Waals surface area contributed by atoms with Crippen LogP contribution in [-0.4, -0.2) is 36.1 Å². The average molecular weight is 295 g/mol. The van der Waals surface area contributed by atoms with E-state index in [0.29, 0.717) is 5.41 Å². The second-order valence-electron chi connectivity index (χ2n) is 8.04. The normalized spacial score (nSPS) is 30.9. The van der Waals surface area contributed by atoms with Crippen LogP contribution in [0.1, 0.15) is 79.6 Å². The number of nitrogens with zero attached hydrogens (tertiary/aromatic N) is 1. The standard InChI is InChI=1S/C19H38N2/c1-6-13-20-17-12-9-15(19(4,5)7-2)14-18(17)21(8-3)16-10-11-16/h15-18,20H,6-14H2,1-5H3. The first-order chi connectivity index (χ1) is 10.0. The summed E-state index contributed by atoms with van der Waals surface area (Å²) < 4.78 is 0. The molecule has 0 bridgehead atoms. The van der Waals surface area contributed by atoms with Crippen LogP contribution >= 0.6 is 0 Å². The Labute approximate surface area is 133 Å². The number of likely N-dealkylation sites (N-methyl/N-ethyl adjacent to an activating group) is 1. The molecule has 1 N–H and O–H groups in total. The van der Waals surface area contributed by atoms with Crippen molar-refractivity contribution in [3.63, 3.8) is 0 Å². The van der Waals surface area contributed by atoms with E-state index in [1.807, 2.05) is 0 Å². The SMILES string of the molecule is CCCNC1CCC(C(C)(C)CC)CC1N(CC)C1CC1. The van der Waals surface area contributed by atoms with Crippen LogP contribution in [0.15, 0.2) is 0 Å². The third-order valence-electron chi connectivity index (χ3n) is 6.30. The fourth-order valence-corrected chi connectivity index (χ4v) is 4.25. The van der Waals surface area contributed by atoms with Crippen LogP contribution in [0.4, 0.5) is 0 Å². The molecule has 3 atom stereocenters. The molecule has 0 spiro atoms. The minimum Gasteiger partial charge on any atom is -0.312 e. The fraction of sp³-hybridized carbons (Fsp3) is 1.00. The second kappa shape index (κ2) is 7.46. The van der Waals surface area contributed by atoms with Gasteiger partial charge in [-0.15, -0.1) is 0 Å². The molecule has 0 aromatic carbocycles. The Kier molecular flexibility index (Phi) is 6.14. The highest BCUT2D eigenvalue weighted by Crippen LogP contribution is 2.43. The molecule has 2 fully saturated rings. The van der Waals surface area contributed by atoms with Gasteiger partial charge in [-0.05, 0) is 62.9 Å². The zero-order chi connectivity index (χ0) is 15.5. The molecule has 2 aliphatic rings. The van der Waals surface area contributed by atoms with Crippen molar-refractivity contribution in [2.75, 3.05) is 13.1 Å². The molecule has 124 valence electrons. The van der Waals surface area contributed by atoms with Crippen molar-refractivity contribution in [1.82, 2.24) is 10.2 Å². The van der Waals surface area contributed by atoms with Crippen molar-refractivity contribution < 1.29 is 0 Å². The van der Waals surface area contributed by atoms with E-state index in [1.165, 1.54) is 58.0 Å². The van der Waals surface area contributed by atoms with E-state index in [4.69, 9.17) is 0 Å². The molecule has 21 heavy (non-hydrogen) atoms. The van der Waals surface area contributed by atoms with Gasteiger partial charge in [0.1, 0.15) is 0 Å². The Hall–Kier alpha value is -0.0800. The highest BCUT2D eigenvalue weighted by molar-refractivity contribution is 4.98. The van der Waals surface area contributed by atoms with Gasteiger partial charge in [-0.25, -0.2) is 0 Å². The Bertz CT molecular complexity index is 309. The summed E-state index contributed by atoms with van der Waals surface area (Å²) in [6.07, 6.45) is 9.64. The van der Waals surface area contributed by atoms with Crippen LogP contribution in [0.3, 0.4) is 0 Å². The Morgan fingerprint density at radius 2 is 1.76 bits per heavy atom. The Balaban J connectivity index is 2.06. The lowest BCUT2D eigenvalue weighted by atomic mass is 9.67. The predicted octanol–water partition coefficient (Wildman–Crippen LogP) is 4.44. The van der Waals surface area contributed by atoms with Crippen LogP contribution in [0, 0.1) is 11.3 Å². The predicted molar refractivity (Wildman–Crippen MR) is 92.7 cm³/mol. The number of nitrogens with one attached hydrogen (secondary N) is 1. The average Bonchev–Trinajstić information content (AvgIpc) is 3.31. The lowest BCUT2D eigenvalue weighted by molar-refractivity contribution is 0.0481. The highest BCUT2D eigenvalue weighted by Gasteiger charge is 2.42. The van der Waals surface area contributed by atoms with E-state index >= 15 is 0 Å². The number of hydrogen-bond acceptors (Lipinski definition) is 2. The van der Waals surface area contributed by atoms with E-state index in [0.717, 1.165) is 24.0 Å². The maximum Gasteiger partial charge on any atom is 0.0254 e. The Morgan fingerprint density at radius 1 is 1.05 bits per heavy atom. The largest absolute Gasteiger partial charge is 0.312 e. The van der Waals surface area contributed by atoms with Gasteiger partial charge in [-0.3, -0.25) is 4.90 Å². The topological polar surface area (TPSA) is 15.3 Å². The molecule has 2 nitrogen and oxygen atoms in total. The van der Waals surface area contributed by atoms with Gasteiger partial charge in [0.05, 0.1) is 0 Å². The zero-order valence-electron chi connectivity index (χ0n) is 15.1. The van der Waals surface area contributed by atoms with Gasteiger partial charge >= 0.3 is 0 Å². The van der Waals surface area contributed by atoms with Crippen molar-refractivity contribution in [3.05, 3.63) is 0 Å². The number of hydrogen-bond donors (Lipinski definition) is 1. The van der Waals surface area contributed by atoms with Crippen LogP contribution in [-0.2, 0) is 0 Å². The van der Waals surface area contributed by atoms with E-state index in [1.54, 1.807) is 0 Å². The van der Waals surface area contributed by atoms with E-state index in [-0.39, 0.29) is 0 Å². The van der Waals surface area contributed by atoms with Crippen molar-refractivity contribution in [2.24, 2.45) is 11.3 Å². The molecular weight excluding hydrogens is 256 g/mol. The van der Waals surface area contributed by atoms with E-state index in [2.05, 4.69) is 44.8 Å². The lowest BCUT2D eigenvalue weighted by Crippen LogP contribution is -2.55. The van der Waals surface area contributed by atoms with Gasteiger partial charge in [-0.1, -0.05) is 41.0 Å². The lowest BCUT2D eigenvalue weighted by Gasteiger charge is -2.47. The minimum absolute atomic E-state index is 0.511. The molecule has 2 heteroatoms. The van der Waals surface area contributed by atoms with Crippen LogP contribution < -0.4 is 5.32 Å². The van der Waals surface area contributed by atoms with E-state index < -0.39 is 0 Å². The molecule has 0 aromatic rings. The quantitative estimate of drug-likeness (QED) is 0.712. The van der Waals surface area contributed by atoms with Gasteiger partial charge in [0, 0.05) is 18.1 Å². The third-order valence-corrected chi connectivity index (χ3v) is 6.30. The molecule has 2 rings (SSSR count). The van der Waals surface area contributed by atoms with Crippen LogP contribution in [0.25, 0.3) is 0 Å². The molecule has 0 aromatic heterocycles. The van der Waals surface area contributed by atoms with Gasteiger partial charge in [0.15, 0.2) is 0 Å². The summed E-state index contributed by atoms with van der Waals surface area (Å²) in [6.45, 7) is 14.4. The fourth-order valence-electron chi connectivity index (χ4n) is 4.25. The summed E-state index contributed by atoms with van der Waals surface area (Å²) in [5.74, 6) is 0.903. The monoisotopic (exact) mass is 294 g/mol. The van der Waals surface area contributed by atoms with Gasteiger partial charge in [-0.2, -0.15) is 0 Å².